The first kappa shape index (κ1) is 18.0. The van der Waals surface area contributed by atoms with Gasteiger partial charge in [-0.1, -0.05) is 25.5 Å². The minimum absolute atomic E-state index is 0.0355. The van der Waals surface area contributed by atoms with Crippen LogP contribution in [0.1, 0.15) is 0 Å². The molecule has 0 aliphatic carbocycles. The highest BCUT2D eigenvalue weighted by Gasteiger charge is 2.65. The Morgan fingerprint density at radius 2 is 1.33 bits per heavy atom. The van der Waals surface area contributed by atoms with Crippen molar-refractivity contribution in [3.63, 3.8) is 0 Å². The number of hydrogen-bond acceptors (Lipinski definition) is 4. The highest BCUT2D eigenvalue weighted by Crippen LogP contribution is 3.02. The molecule has 0 bridgehead atoms. The van der Waals surface area contributed by atoms with Crippen LogP contribution in [-0.4, -0.2) is 29.3 Å². The first-order chi connectivity index (χ1) is 8.82. The molecule has 0 saturated heterocycles. The second-order valence-corrected chi connectivity index (χ2v) is 10.5. The Hall–Kier alpha value is -1.08. The van der Waals surface area contributed by atoms with E-state index < -0.39 is 40.9 Å². The molecule has 0 heterocycles. The van der Waals surface area contributed by atoms with E-state index in [1.807, 2.05) is 0 Å². The summed E-state index contributed by atoms with van der Waals surface area (Å²) in [6.45, 7) is 0. The third-order valence-electron chi connectivity index (χ3n) is 2.08. The van der Waals surface area contributed by atoms with Crippen molar-refractivity contribution >= 4 is 36.0 Å². The molecule has 1 aromatic rings. The molecular formula is C8H10F5NO4S3. The Bertz CT molecular complexity index is 753. The summed E-state index contributed by atoms with van der Waals surface area (Å²) in [5, 5.41) is 0. The van der Waals surface area contributed by atoms with Gasteiger partial charge in [0.2, 0.25) is 20.0 Å². The normalized spacial score (nSPS) is 16.9. The van der Waals surface area contributed by atoms with Crippen molar-refractivity contribution in [1.82, 2.24) is 0 Å². The fraction of sp³-hybridized carbons (Fsp3) is 0.250. The van der Waals surface area contributed by atoms with Crippen LogP contribution in [0.5, 0.6) is 0 Å². The van der Waals surface area contributed by atoms with Crippen molar-refractivity contribution < 1.29 is 36.3 Å². The average molecular weight is 375 g/mol. The molecule has 0 spiro atoms. The first-order valence-corrected chi connectivity index (χ1v) is 10.5. The highest BCUT2D eigenvalue weighted by molar-refractivity contribution is 8.45. The lowest BCUT2D eigenvalue weighted by Gasteiger charge is -2.40. The number of hydrogen-bond donors (Lipinski definition) is 0. The quantitative estimate of drug-likeness (QED) is 0.759. The lowest BCUT2D eigenvalue weighted by molar-refractivity contribution is 0.364. The van der Waals surface area contributed by atoms with Crippen LogP contribution >= 0.6 is 10.2 Å². The Morgan fingerprint density at radius 3 is 1.67 bits per heavy atom. The molecule has 0 radical (unpaired) electrons. The zero-order valence-electron chi connectivity index (χ0n) is 10.5. The Balaban J connectivity index is 3.70. The zero-order valence-corrected chi connectivity index (χ0v) is 13.0. The molecule has 0 unspecified atom stereocenters. The minimum Gasteiger partial charge on any atom is -0.206 e. The second kappa shape index (κ2) is 4.01. The average Bonchev–Trinajstić information content (AvgIpc) is 2.09. The predicted molar refractivity (Wildman–Crippen MR) is 70.0 cm³/mol. The maximum absolute atomic E-state index is 12.7. The summed E-state index contributed by atoms with van der Waals surface area (Å²) in [6.07, 6.45) is 0.834. The van der Waals surface area contributed by atoms with Crippen LogP contribution in [0.15, 0.2) is 29.2 Å². The molecule has 13 heteroatoms. The van der Waals surface area contributed by atoms with Gasteiger partial charge in [-0.05, 0) is 18.2 Å². The van der Waals surface area contributed by atoms with E-state index in [1.165, 1.54) is 0 Å². The summed E-state index contributed by atoms with van der Waals surface area (Å²) < 4.78 is 109. The van der Waals surface area contributed by atoms with Gasteiger partial charge in [-0.3, -0.25) is 0 Å². The number of nitrogens with zero attached hydrogens (tertiary/aromatic N) is 1. The maximum atomic E-state index is 12.7. The lowest BCUT2D eigenvalue weighted by atomic mass is 10.3. The van der Waals surface area contributed by atoms with Gasteiger partial charge >= 0.3 is 10.2 Å². The summed E-state index contributed by atoms with van der Waals surface area (Å²) in [6, 6.07) is 0.971. The Morgan fingerprint density at radius 1 is 0.905 bits per heavy atom. The van der Waals surface area contributed by atoms with Gasteiger partial charge in [0.25, 0.3) is 0 Å². The van der Waals surface area contributed by atoms with Crippen molar-refractivity contribution in [2.45, 2.75) is 4.90 Å². The fourth-order valence-corrected chi connectivity index (χ4v) is 5.11. The molecule has 0 aliphatic rings. The summed E-state index contributed by atoms with van der Waals surface area (Å²) in [7, 11) is -19.1. The predicted octanol–water partition coefficient (Wildman–Crippen LogP) is 3.07. The molecule has 0 atom stereocenters. The van der Waals surface area contributed by atoms with Crippen LogP contribution in [0.4, 0.5) is 25.1 Å². The second-order valence-electron chi connectivity index (χ2n) is 4.19. The molecule has 0 aliphatic heterocycles. The van der Waals surface area contributed by atoms with Crippen LogP contribution in [-0.2, 0) is 20.0 Å². The van der Waals surface area contributed by atoms with Gasteiger partial charge < -0.3 is 0 Å². The van der Waals surface area contributed by atoms with Gasteiger partial charge in [0.05, 0.1) is 18.2 Å². The van der Waals surface area contributed by atoms with Crippen LogP contribution < -0.4 is 3.71 Å². The molecule has 0 aromatic heterocycles. The van der Waals surface area contributed by atoms with Gasteiger partial charge in [-0.2, -0.15) is 3.71 Å². The van der Waals surface area contributed by atoms with Crippen molar-refractivity contribution in [2.24, 2.45) is 0 Å². The summed E-state index contributed by atoms with van der Waals surface area (Å²) >= 11 is 0. The standard InChI is InChI=1S/C8H10F5NO4S3/c1-19(15,16)14(20(2,17)18)7-4-3-5-8(6-7)21(9,10,11,12)13/h3-6H,1-2H3. The van der Waals surface area contributed by atoms with Crippen molar-refractivity contribution in [1.29, 1.82) is 0 Å². The molecule has 5 nitrogen and oxygen atoms in total. The smallest absolute Gasteiger partial charge is 0.206 e. The molecule has 21 heavy (non-hydrogen) atoms. The molecule has 0 fully saturated rings. The van der Waals surface area contributed by atoms with E-state index in [-0.39, 0.29) is 15.8 Å². The van der Waals surface area contributed by atoms with E-state index in [4.69, 9.17) is 0 Å². The molecule has 1 rings (SSSR count). The van der Waals surface area contributed by atoms with Crippen molar-refractivity contribution in [3.8, 4) is 0 Å². The number of anilines is 1. The van der Waals surface area contributed by atoms with Gasteiger partial charge in [0.1, 0.15) is 4.90 Å². The Labute approximate surface area is 118 Å². The largest absolute Gasteiger partial charge is 0.310 e. The number of rotatable bonds is 4. The SMILES string of the molecule is CS(=O)(=O)N(c1cccc(S(F)(F)(F)(F)F)c1)S(C)(=O)=O. The van der Waals surface area contributed by atoms with Crippen molar-refractivity contribution in [3.05, 3.63) is 24.3 Å². The van der Waals surface area contributed by atoms with Crippen LogP contribution in [0.2, 0.25) is 0 Å². The van der Waals surface area contributed by atoms with Crippen LogP contribution in [0.25, 0.3) is 0 Å². The minimum atomic E-state index is -10.1. The molecule has 0 N–H and O–H groups in total. The third kappa shape index (κ3) is 4.44. The zero-order chi connectivity index (χ0) is 17.0. The summed E-state index contributed by atoms with van der Waals surface area (Å²) in [5.74, 6) is 0. The molecule has 0 amide bonds. The summed E-state index contributed by atoms with van der Waals surface area (Å²) in [5.41, 5.74) is -1.05. The number of halogens is 5. The Kier molecular flexibility index (Phi) is 3.43. The fourth-order valence-electron chi connectivity index (χ4n) is 1.47. The number of benzene rings is 1. The van der Waals surface area contributed by atoms with Gasteiger partial charge in [0.15, 0.2) is 0 Å². The van der Waals surface area contributed by atoms with E-state index in [0.717, 1.165) is 0 Å². The van der Waals surface area contributed by atoms with Crippen LogP contribution in [0.3, 0.4) is 0 Å². The highest BCUT2D eigenvalue weighted by atomic mass is 32.5. The van der Waals surface area contributed by atoms with Crippen LogP contribution in [0, 0.1) is 0 Å². The molecule has 124 valence electrons. The van der Waals surface area contributed by atoms with E-state index in [1.54, 1.807) is 0 Å². The van der Waals surface area contributed by atoms with Gasteiger partial charge in [-0.25, -0.2) is 16.8 Å². The molecule has 1 aromatic carbocycles. The van der Waals surface area contributed by atoms with E-state index in [0.29, 0.717) is 24.6 Å². The van der Waals surface area contributed by atoms with E-state index in [9.17, 15) is 36.3 Å². The topological polar surface area (TPSA) is 71.5 Å². The van der Waals surface area contributed by atoms with E-state index >= 15 is 0 Å². The van der Waals surface area contributed by atoms with Gasteiger partial charge in [-0.15, -0.1) is 0 Å². The molecule has 0 saturated carbocycles. The monoisotopic (exact) mass is 375 g/mol. The van der Waals surface area contributed by atoms with E-state index in [2.05, 4.69) is 0 Å². The summed E-state index contributed by atoms with van der Waals surface area (Å²) in [4.78, 5) is -2.38. The third-order valence-corrected chi connectivity index (χ3v) is 6.47. The van der Waals surface area contributed by atoms with Gasteiger partial charge in [0, 0.05) is 0 Å². The molecular weight excluding hydrogens is 365 g/mol. The maximum Gasteiger partial charge on any atom is 0.310 e. The van der Waals surface area contributed by atoms with Crippen molar-refractivity contribution in [2.75, 3.05) is 16.2 Å². The first-order valence-electron chi connectivity index (χ1n) is 4.87. The lowest BCUT2D eigenvalue weighted by Crippen LogP contribution is -2.35. The number of sulfonamides is 2.